The molecule has 1 unspecified atom stereocenters. The van der Waals surface area contributed by atoms with Crippen LogP contribution in [0.15, 0.2) is 34.1 Å². The van der Waals surface area contributed by atoms with Crippen molar-refractivity contribution >= 4 is 55.8 Å². The minimum absolute atomic E-state index is 0.100. The molecule has 0 fully saturated rings. The molecular weight excluding hydrogens is 464 g/mol. The first kappa shape index (κ1) is 22.6. The van der Waals surface area contributed by atoms with E-state index in [1.165, 1.54) is 20.1 Å². The Morgan fingerprint density at radius 3 is 2.55 bits per heavy atom. The molecule has 29 heavy (non-hydrogen) atoms. The van der Waals surface area contributed by atoms with Gasteiger partial charge in [0, 0.05) is 10.9 Å². The van der Waals surface area contributed by atoms with Crippen molar-refractivity contribution in [3.05, 3.63) is 45.2 Å². The number of benzene rings is 1. The number of amides is 2. The lowest BCUT2D eigenvalue weighted by atomic mass is 10.1. The van der Waals surface area contributed by atoms with Gasteiger partial charge in [-0.2, -0.15) is 0 Å². The van der Waals surface area contributed by atoms with E-state index in [9.17, 15) is 19.2 Å². The van der Waals surface area contributed by atoms with Gasteiger partial charge in [0.1, 0.15) is 10.8 Å². The Hall–Kier alpha value is -2.72. The normalized spacial score (nSPS) is 11.4. The maximum Gasteiger partial charge on any atom is 0.307 e. The zero-order valence-electron chi connectivity index (χ0n) is 15.7. The van der Waals surface area contributed by atoms with Gasteiger partial charge in [0.05, 0.1) is 24.7 Å². The van der Waals surface area contributed by atoms with Crippen LogP contribution in [0.4, 0.5) is 5.00 Å². The molecule has 2 aromatic rings. The fourth-order valence-electron chi connectivity index (χ4n) is 2.37. The number of carbonyl (C=O) groups excluding carboxylic acids is 4. The summed E-state index contributed by atoms with van der Waals surface area (Å²) >= 11 is 4.41. The van der Waals surface area contributed by atoms with Gasteiger partial charge in [0.15, 0.2) is 11.9 Å². The average molecular weight is 483 g/mol. The Kier molecular flexibility index (Phi) is 7.91. The van der Waals surface area contributed by atoms with Gasteiger partial charge in [-0.3, -0.25) is 19.2 Å². The molecule has 0 bridgehead atoms. The van der Waals surface area contributed by atoms with Crippen LogP contribution in [-0.2, 0) is 14.3 Å². The van der Waals surface area contributed by atoms with Crippen LogP contribution in [0.25, 0.3) is 0 Å². The average Bonchev–Trinajstić information content (AvgIpc) is 3.14. The molecule has 2 rings (SSSR count). The number of ether oxygens (including phenoxy) is 2. The number of thiophene rings is 1. The van der Waals surface area contributed by atoms with Gasteiger partial charge >= 0.3 is 5.97 Å². The Labute approximate surface area is 179 Å². The quantitative estimate of drug-likeness (QED) is 0.417. The molecule has 0 spiro atoms. The highest BCUT2D eigenvalue weighted by Crippen LogP contribution is 2.25. The molecule has 0 radical (unpaired) electrons. The lowest BCUT2D eigenvalue weighted by molar-refractivity contribution is -0.153. The topological polar surface area (TPSA) is 125 Å². The zero-order chi connectivity index (χ0) is 21.6. The number of nitrogens with two attached hydrogens (primary N) is 1. The number of nitrogens with one attached hydrogen (secondary N) is 1. The van der Waals surface area contributed by atoms with Gasteiger partial charge < -0.3 is 20.5 Å². The van der Waals surface area contributed by atoms with Crippen LogP contribution < -0.4 is 15.8 Å². The van der Waals surface area contributed by atoms with Crippen LogP contribution in [0.2, 0.25) is 0 Å². The summed E-state index contributed by atoms with van der Waals surface area (Å²) < 4.78 is 10.9. The van der Waals surface area contributed by atoms with Gasteiger partial charge in [0.2, 0.25) is 0 Å². The van der Waals surface area contributed by atoms with Crippen molar-refractivity contribution in [3.8, 4) is 5.75 Å². The van der Waals surface area contributed by atoms with Crippen molar-refractivity contribution in [1.82, 2.24) is 0 Å². The molecule has 0 aliphatic rings. The molecule has 3 N–H and O–H groups in total. The summed E-state index contributed by atoms with van der Waals surface area (Å²) in [5, 5.41) is 4.39. The molecule has 1 atom stereocenters. The summed E-state index contributed by atoms with van der Waals surface area (Å²) in [5.74, 6) is -1.87. The van der Waals surface area contributed by atoms with E-state index >= 15 is 0 Å². The third kappa shape index (κ3) is 6.13. The second kappa shape index (κ2) is 10.2. The number of rotatable bonds is 9. The van der Waals surface area contributed by atoms with Crippen molar-refractivity contribution < 1.29 is 28.7 Å². The lowest BCUT2D eigenvalue weighted by Crippen LogP contribution is -2.30. The third-order valence-corrected chi connectivity index (χ3v) is 5.19. The molecule has 0 aliphatic carbocycles. The summed E-state index contributed by atoms with van der Waals surface area (Å²) in [5.41, 5.74) is 5.75. The van der Waals surface area contributed by atoms with Gasteiger partial charge in [-0.25, -0.2) is 0 Å². The molecule has 0 aliphatic heterocycles. The van der Waals surface area contributed by atoms with E-state index in [2.05, 4.69) is 21.2 Å². The molecule has 1 aromatic carbocycles. The van der Waals surface area contributed by atoms with Crippen LogP contribution in [0.5, 0.6) is 5.75 Å². The number of halogens is 1. The predicted octanol–water partition coefficient (Wildman–Crippen LogP) is 3.15. The molecule has 8 nitrogen and oxygen atoms in total. The summed E-state index contributed by atoms with van der Waals surface area (Å²) in [6, 6.07) is 6.48. The molecule has 0 saturated carbocycles. The second-order valence-electron chi connectivity index (χ2n) is 5.92. The van der Waals surface area contributed by atoms with Crippen molar-refractivity contribution in [2.24, 2.45) is 5.73 Å². The van der Waals surface area contributed by atoms with Crippen molar-refractivity contribution in [2.45, 2.75) is 25.9 Å². The fourth-order valence-corrected chi connectivity index (χ4v) is 3.53. The number of methoxy groups -OCH3 is 1. The van der Waals surface area contributed by atoms with E-state index in [0.717, 1.165) is 11.3 Å². The largest absolute Gasteiger partial charge is 0.496 e. The molecular formula is C19H19BrN2O6S. The highest BCUT2D eigenvalue weighted by Gasteiger charge is 2.22. The fraction of sp³-hybridized carbons (Fsp3) is 0.263. The highest BCUT2D eigenvalue weighted by atomic mass is 79.9. The molecule has 1 aromatic heterocycles. The van der Waals surface area contributed by atoms with Crippen molar-refractivity contribution in [2.75, 3.05) is 12.4 Å². The number of hydrogen-bond acceptors (Lipinski definition) is 7. The number of hydrogen-bond donors (Lipinski definition) is 2. The van der Waals surface area contributed by atoms with Gasteiger partial charge in [-0.05, 0) is 36.6 Å². The van der Waals surface area contributed by atoms with E-state index in [-0.39, 0.29) is 29.2 Å². The lowest BCUT2D eigenvalue weighted by Gasteiger charge is -2.13. The Balaban J connectivity index is 1.89. The third-order valence-electron chi connectivity index (χ3n) is 3.86. The molecule has 1 heterocycles. The van der Waals surface area contributed by atoms with Crippen molar-refractivity contribution in [1.29, 1.82) is 0 Å². The number of primary amides is 1. The molecule has 2 amide bonds. The Bertz CT molecular complexity index is 943. The van der Waals surface area contributed by atoms with Gasteiger partial charge in [-0.1, -0.05) is 15.9 Å². The van der Waals surface area contributed by atoms with Crippen LogP contribution in [0.1, 0.15) is 40.5 Å². The zero-order valence-corrected chi connectivity index (χ0v) is 18.1. The number of esters is 1. The maximum atomic E-state index is 12.4. The smallest absolute Gasteiger partial charge is 0.307 e. The van der Waals surface area contributed by atoms with Crippen molar-refractivity contribution in [3.63, 3.8) is 0 Å². The van der Waals surface area contributed by atoms with E-state index in [0.29, 0.717) is 15.8 Å². The minimum Gasteiger partial charge on any atom is -0.496 e. The van der Waals surface area contributed by atoms with Gasteiger partial charge in [0.25, 0.3) is 11.8 Å². The number of carbonyl (C=O) groups is 4. The first-order valence-electron chi connectivity index (χ1n) is 8.47. The molecule has 10 heteroatoms. The van der Waals surface area contributed by atoms with Gasteiger partial charge in [-0.15, -0.1) is 11.3 Å². The highest BCUT2D eigenvalue weighted by molar-refractivity contribution is 9.10. The summed E-state index contributed by atoms with van der Waals surface area (Å²) in [6.45, 7) is 1.39. The summed E-state index contributed by atoms with van der Waals surface area (Å²) in [4.78, 5) is 47.9. The summed E-state index contributed by atoms with van der Waals surface area (Å²) in [6.07, 6.45) is -1.41. The molecule has 154 valence electrons. The first-order chi connectivity index (χ1) is 13.7. The minimum atomic E-state index is -1.11. The number of anilines is 1. The van der Waals surface area contributed by atoms with Crippen LogP contribution >= 0.6 is 27.3 Å². The monoisotopic (exact) mass is 482 g/mol. The van der Waals surface area contributed by atoms with Crippen LogP contribution in [0.3, 0.4) is 0 Å². The van der Waals surface area contributed by atoms with E-state index in [1.807, 2.05) is 0 Å². The first-order valence-corrected chi connectivity index (χ1v) is 10.1. The Morgan fingerprint density at radius 2 is 1.90 bits per heavy atom. The number of ketones is 1. The van der Waals surface area contributed by atoms with Crippen LogP contribution in [0, 0.1) is 0 Å². The predicted molar refractivity (Wildman–Crippen MR) is 111 cm³/mol. The van der Waals surface area contributed by atoms with E-state index in [4.69, 9.17) is 15.2 Å². The maximum absolute atomic E-state index is 12.4. The van der Waals surface area contributed by atoms with Crippen LogP contribution in [-0.4, -0.2) is 36.8 Å². The second-order valence-corrected chi connectivity index (χ2v) is 7.75. The number of Topliss-reactive ketones (excluding diaryl/α,β-unsaturated/α-hetero) is 1. The standard InChI is InChI=1S/C19H19BrN2O6S/c1-10(18(26)22-19-12(17(21)25)7-8-29-19)28-16(24)6-4-14(23)13-9-11(20)3-5-15(13)27-2/h3,5,7-10H,4,6H2,1-2H3,(H2,21,25)(H,22,26). The summed E-state index contributed by atoms with van der Waals surface area (Å²) in [7, 11) is 1.45. The molecule has 0 saturated heterocycles. The Morgan fingerprint density at radius 1 is 1.17 bits per heavy atom. The van der Waals surface area contributed by atoms with E-state index in [1.54, 1.807) is 23.6 Å². The SMILES string of the molecule is COc1ccc(Br)cc1C(=O)CCC(=O)OC(C)C(=O)Nc1sccc1C(N)=O. The van der Waals surface area contributed by atoms with E-state index < -0.39 is 23.9 Å².